The van der Waals surface area contributed by atoms with E-state index in [0.717, 1.165) is 11.4 Å². The van der Waals surface area contributed by atoms with Crippen LogP contribution in [-0.2, 0) is 0 Å². The summed E-state index contributed by atoms with van der Waals surface area (Å²) in [6.07, 6.45) is 2.32. The van der Waals surface area contributed by atoms with Gasteiger partial charge in [-0.1, -0.05) is 37.6 Å². The summed E-state index contributed by atoms with van der Waals surface area (Å²) in [5.74, 6) is 0.708. The maximum Gasteiger partial charge on any atom is 0.0406 e. The molecule has 20 heavy (non-hydrogen) atoms. The van der Waals surface area contributed by atoms with Gasteiger partial charge in [-0.2, -0.15) is 0 Å². The van der Waals surface area contributed by atoms with Crippen LogP contribution in [0, 0.1) is 5.92 Å². The Kier molecular flexibility index (Phi) is 6.50. The second kappa shape index (κ2) is 7.44. The van der Waals surface area contributed by atoms with Gasteiger partial charge in [0.25, 0.3) is 0 Å². The van der Waals surface area contributed by atoms with Gasteiger partial charge in [0.2, 0.25) is 0 Å². The molecule has 0 spiro atoms. The van der Waals surface area contributed by atoms with Crippen LogP contribution in [0.4, 0.5) is 0 Å². The molecule has 1 aromatic rings. The number of rotatable bonds is 7. The largest absolute Gasteiger partial charge is 0.329 e. The Bertz CT molecular complexity index is 402. The number of nitrogens with zero attached hydrogens (tertiary/aromatic N) is 1. The van der Waals surface area contributed by atoms with Crippen molar-refractivity contribution in [3.63, 3.8) is 0 Å². The number of nitrogens with two attached hydrogens (primary N) is 1. The van der Waals surface area contributed by atoms with E-state index in [1.165, 1.54) is 12.0 Å². The lowest BCUT2D eigenvalue weighted by atomic mass is 9.88. The van der Waals surface area contributed by atoms with Gasteiger partial charge in [0, 0.05) is 23.1 Å². The van der Waals surface area contributed by atoms with Crippen molar-refractivity contribution in [1.29, 1.82) is 0 Å². The Balaban J connectivity index is 2.83. The fourth-order valence-electron chi connectivity index (χ4n) is 2.45. The average molecular weight is 297 g/mol. The molecule has 0 bridgehead atoms. The van der Waals surface area contributed by atoms with Gasteiger partial charge in [0.15, 0.2) is 0 Å². The van der Waals surface area contributed by atoms with E-state index in [9.17, 15) is 0 Å². The Hall–Kier alpha value is -0.570. The van der Waals surface area contributed by atoms with Crippen molar-refractivity contribution in [1.82, 2.24) is 4.90 Å². The third-order valence-corrected chi connectivity index (χ3v) is 4.74. The van der Waals surface area contributed by atoms with Crippen LogP contribution in [0.3, 0.4) is 0 Å². The molecular formula is C17H29ClN2. The van der Waals surface area contributed by atoms with Crippen LogP contribution in [0.15, 0.2) is 24.3 Å². The second-order valence-electron chi connectivity index (χ2n) is 6.47. The molecule has 0 amide bonds. The van der Waals surface area contributed by atoms with Gasteiger partial charge in [0.05, 0.1) is 0 Å². The van der Waals surface area contributed by atoms with Crippen molar-refractivity contribution in [3.05, 3.63) is 34.9 Å². The molecule has 2 atom stereocenters. The van der Waals surface area contributed by atoms with Crippen molar-refractivity contribution in [2.24, 2.45) is 11.7 Å². The normalized spacial score (nSPS) is 16.4. The van der Waals surface area contributed by atoms with E-state index in [2.05, 4.69) is 51.8 Å². The molecule has 0 saturated heterocycles. The molecule has 0 saturated carbocycles. The molecule has 2 unspecified atom stereocenters. The van der Waals surface area contributed by atoms with Gasteiger partial charge in [0.1, 0.15) is 0 Å². The summed E-state index contributed by atoms with van der Waals surface area (Å²) in [6, 6.07) is 8.43. The van der Waals surface area contributed by atoms with Gasteiger partial charge in [-0.05, 0) is 57.4 Å². The predicted molar refractivity (Wildman–Crippen MR) is 89.2 cm³/mol. The Morgan fingerprint density at radius 2 is 1.75 bits per heavy atom. The summed E-state index contributed by atoms with van der Waals surface area (Å²) in [5.41, 5.74) is 7.38. The Morgan fingerprint density at radius 1 is 1.20 bits per heavy atom. The Labute approximate surface area is 129 Å². The molecule has 1 rings (SSSR count). The predicted octanol–water partition coefficient (Wildman–Crippen LogP) is 4.49. The van der Waals surface area contributed by atoms with Crippen LogP contribution < -0.4 is 5.73 Å². The third kappa shape index (κ3) is 4.47. The highest BCUT2D eigenvalue weighted by Crippen LogP contribution is 2.30. The zero-order valence-corrected chi connectivity index (χ0v) is 14.2. The molecule has 2 nitrogen and oxygen atoms in total. The van der Waals surface area contributed by atoms with E-state index in [-0.39, 0.29) is 5.54 Å². The van der Waals surface area contributed by atoms with Crippen LogP contribution in [0.1, 0.15) is 52.1 Å². The maximum atomic E-state index is 6.07. The first-order valence-corrected chi connectivity index (χ1v) is 7.86. The van der Waals surface area contributed by atoms with Crippen molar-refractivity contribution < 1.29 is 0 Å². The molecule has 0 radical (unpaired) electrons. The number of likely N-dealkylation sites (N-methyl/N-ethyl adjacent to an activating group) is 1. The van der Waals surface area contributed by atoms with Crippen molar-refractivity contribution >= 4 is 11.6 Å². The molecule has 0 aliphatic carbocycles. The lowest BCUT2D eigenvalue weighted by molar-refractivity contribution is 0.0864. The van der Waals surface area contributed by atoms with E-state index in [4.69, 9.17) is 17.3 Å². The van der Waals surface area contributed by atoms with Crippen LogP contribution >= 0.6 is 11.6 Å². The minimum absolute atomic E-state index is 0.0311. The van der Waals surface area contributed by atoms with Crippen LogP contribution in [0.5, 0.6) is 0 Å². The third-order valence-electron chi connectivity index (χ3n) is 4.48. The van der Waals surface area contributed by atoms with Crippen LogP contribution in [0.2, 0.25) is 5.02 Å². The number of benzene rings is 1. The van der Waals surface area contributed by atoms with Gasteiger partial charge in [-0.15, -0.1) is 0 Å². The smallest absolute Gasteiger partial charge is 0.0406 e. The first-order chi connectivity index (χ1) is 9.30. The van der Waals surface area contributed by atoms with E-state index in [1.54, 1.807) is 0 Å². The van der Waals surface area contributed by atoms with Gasteiger partial charge in [-0.3, -0.25) is 4.90 Å². The van der Waals surface area contributed by atoms with Crippen LogP contribution in [0.25, 0.3) is 0 Å². The number of hydrogen-bond acceptors (Lipinski definition) is 2. The molecule has 1 aromatic carbocycles. The highest BCUT2D eigenvalue weighted by Gasteiger charge is 2.31. The molecule has 0 fully saturated rings. The molecule has 0 heterocycles. The molecule has 114 valence electrons. The first kappa shape index (κ1) is 17.5. The summed E-state index contributed by atoms with van der Waals surface area (Å²) in [4.78, 5) is 2.40. The summed E-state index contributed by atoms with van der Waals surface area (Å²) < 4.78 is 0. The highest BCUT2D eigenvalue weighted by molar-refractivity contribution is 6.30. The highest BCUT2D eigenvalue weighted by atomic mass is 35.5. The fraction of sp³-hybridized carbons (Fsp3) is 0.647. The van der Waals surface area contributed by atoms with Gasteiger partial charge in [-0.25, -0.2) is 0 Å². The van der Waals surface area contributed by atoms with E-state index >= 15 is 0 Å². The zero-order valence-electron chi connectivity index (χ0n) is 13.5. The lowest BCUT2D eigenvalue weighted by Gasteiger charge is -2.42. The van der Waals surface area contributed by atoms with Crippen molar-refractivity contribution in [3.8, 4) is 0 Å². The minimum Gasteiger partial charge on any atom is -0.329 e. The second-order valence-corrected chi connectivity index (χ2v) is 6.91. The zero-order chi connectivity index (χ0) is 15.3. The standard InChI is InChI=1S/C17H29ClN2/c1-13(2)10-11-17(4,12-19)20(5)14(3)15-6-8-16(18)9-7-15/h6-9,13-14H,10-12,19H2,1-5H3. The van der Waals surface area contributed by atoms with Gasteiger partial charge >= 0.3 is 0 Å². The monoisotopic (exact) mass is 296 g/mol. The average Bonchev–Trinajstić information content (AvgIpc) is 2.44. The summed E-state index contributed by atoms with van der Waals surface area (Å²) >= 11 is 5.96. The lowest BCUT2D eigenvalue weighted by Crippen LogP contribution is -2.50. The maximum absolute atomic E-state index is 6.07. The van der Waals surface area contributed by atoms with Gasteiger partial charge < -0.3 is 5.73 Å². The SMILES string of the molecule is CC(C)CCC(C)(CN)N(C)C(C)c1ccc(Cl)cc1. The summed E-state index contributed by atoms with van der Waals surface area (Å²) in [7, 11) is 2.17. The topological polar surface area (TPSA) is 29.3 Å². The molecule has 0 aromatic heterocycles. The molecular weight excluding hydrogens is 268 g/mol. The molecule has 0 aliphatic rings. The van der Waals surface area contributed by atoms with Crippen molar-refractivity contribution in [2.75, 3.05) is 13.6 Å². The van der Waals surface area contributed by atoms with E-state index in [1.807, 2.05) is 12.1 Å². The Morgan fingerprint density at radius 3 is 2.20 bits per heavy atom. The first-order valence-electron chi connectivity index (χ1n) is 7.48. The number of halogens is 1. The quantitative estimate of drug-likeness (QED) is 0.803. The molecule has 0 aliphatic heterocycles. The van der Waals surface area contributed by atoms with Crippen molar-refractivity contribution in [2.45, 2.75) is 52.1 Å². The fourth-order valence-corrected chi connectivity index (χ4v) is 2.58. The molecule has 2 N–H and O–H groups in total. The summed E-state index contributed by atoms with van der Waals surface area (Å²) in [5, 5.41) is 0.782. The minimum atomic E-state index is 0.0311. The van der Waals surface area contributed by atoms with E-state index < -0.39 is 0 Å². The number of hydrogen-bond donors (Lipinski definition) is 1. The van der Waals surface area contributed by atoms with E-state index in [0.29, 0.717) is 18.5 Å². The molecule has 3 heteroatoms. The van der Waals surface area contributed by atoms with Crippen LogP contribution in [-0.4, -0.2) is 24.0 Å². The summed E-state index contributed by atoms with van der Waals surface area (Å²) in [6.45, 7) is 9.70.